The lowest BCUT2D eigenvalue weighted by molar-refractivity contribution is -0.138. The number of pyridine rings is 2. The highest BCUT2D eigenvalue weighted by Crippen LogP contribution is 2.38. The third-order valence-corrected chi connectivity index (χ3v) is 13.6. The van der Waals surface area contributed by atoms with Gasteiger partial charge in [0.05, 0.1) is 59.0 Å². The Morgan fingerprint density at radius 2 is 1.32 bits per heavy atom. The zero-order valence-electron chi connectivity index (χ0n) is 32.4. The molecular weight excluding hydrogens is 961 g/mol. The summed E-state index contributed by atoms with van der Waals surface area (Å²) in [5.74, 6) is -5.05. The van der Waals surface area contributed by atoms with Gasteiger partial charge in [-0.3, -0.25) is 19.0 Å². The van der Waals surface area contributed by atoms with Gasteiger partial charge >= 0.3 is 6.18 Å². The number of aryl methyl sites for hydroxylation is 1. The lowest BCUT2D eigenvalue weighted by Gasteiger charge is -2.26. The van der Waals surface area contributed by atoms with Crippen LogP contribution in [0.2, 0.25) is 20.1 Å². The summed E-state index contributed by atoms with van der Waals surface area (Å²) < 4.78 is 138. The Labute approximate surface area is 377 Å². The number of alkyl halides is 3. The Bertz CT molecular complexity index is 3010. The first-order chi connectivity index (χ1) is 29.4. The Hall–Kier alpha value is -4.95. The highest BCUT2D eigenvalue weighted by atomic mass is 35.5. The van der Waals surface area contributed by atoms with Crippen molar-refractivity contribution in [3.8, 4) is 0 Å². The molecule has 0 fully saturated rings. The molecule has 330 valence electrons. The first-order valence-corrected chi connectivity index (χ1v) is 22.4. The van der Waals surface area contributed by atoms with Crippen LogP contribution in [0.4, 0.5) is 33.3 Å². The fraction of sp³-hybridized carbons (Fsp3) is 0.171. The molecule has 2 aromatic heterocycles. The number of methoxy groups -OCH3 is 1. The van der Waals surface area contributed by atoms with Gasteiger partial charge in [0.2, 0.25) is 11.6 Å². The number of aromatic nitrogens is 2. The highest BCUT2D eigenvalue weighted by Gasteiger charge is 2.37. The van der Waals surface area contributed by atoms with E-state index in [1.165, 1.54) is 31.4 Å². The van der Waals surface area contributed by atoms with Crippen molar-refractivity contribution in [1.82, 2.24) is 9.97 Å². The molecule has 5 aromatic rings. The molecular formula is C41H29Cl4F5N4O7S2. The number of Topliss-reactive ketones (excluding diaryl/α,β-unsaturated/α-hetero) is 1. The van der Waals surface area contributed by atoms with Gasteiger partial charge in [-0.15, -0.1) is 0 Å². The molecule has 1 aliphatic carbocycles. The number of nitrogens with one attached hydrogen (secondary N) is 2. The largest absolute Gasteiger partial charge is 0.416 e. The molecule has 0 aliphatic heterocycles. The Balaban J connectivity index is 1.34. The fourth-order valence-corrected chi connectivity index (χ4v) is 9.48. The van der Waals surface area contributed by atoms with Crippen LogP contribution in [0.15, 0.2) is 106 Å². The molecule has 2 atom stereocenters. The van der Waals surface area contributed by atoms with Crippen LogP contribution in [0, 0.1) is 18.7 Å². The number of ether oxygens (including phenoxy) is 1. The normalized spacial score (nSPS) is 15.7. The summed E-state index contributed by atoms with van der Waals surface area (Å²) >= 11 is 24.7. The van der Waals surface area contributed by atoms with Crippen LogP contribution in [0.5, 0.6) is 0 Å². The van der Waals surface area contributed by atoms with Crippen molar-refractivity contribution in [2.45, 2.75) is 42.3 Å². The van der Waals surface area contributed by atoms with Crippen molar-refractivity contribution in [3.63, 3.8) is 0 Å². The summed E-state index contributed by atoms with van der Waals surface area (Å²) in [6, 6.07) is 9.44. The number of carbonyl (C=O) groups excluding carboxylic acids is 2. The monoisotopic (exact) mass is 988 g/mol. The van der Waals surface area contributed by atoms with E-state index < -0.39 is 123 Å². The second-order valence-corrected chi connectivity index (χ2v) is 18.9. The molecule has 2 heterocycles. The number of hydrogen-bond donors (Lipinski definition) is 2. The molecule has 11 nitrogen and oxygen atoms in total. The van der Waals surface area contributed by atoms with Crippen LogP contribution in [-0.2, 0) is 37.4 Å². The second-order valence-electron chi connectivity index (χ2n) is 13.9. The molecule has 1 aliphatic rings. The topological polar surface area (TPSA) is 161 Å². The predicted molar refractivity (Wildman–Crippen MR) is 227 cm³/mol. The number of sulfonamides is 2. The van der Waals surface area contributed by atoms with Crippen molar-refractivity contribution >= 4 is 89.4 Å². The van der Waals surface area contributed by atoms with E-state index in [0.29, 0.717) is 11.6 Å². The summed E-state index contributed by atoms with van der Waals surface area (Å²) in [6.45, 7) is 3.19. The van der Waals surface area contributed by atoms with Gasteiger partial charge < -0.3 is 4.74 Å². The Morgan fingerprint density at radius 1 is 0.778 bits per heavy atom. The molecule has 0 radical (unpaired) electrons. The smallest absolute Gasteiger partial charge is 0.376 e. The summed E-state index contributed by atoms with van der Waals surface area (Å²) in [5, 5.41) is -0.704. The van der Waals surface area contributed by atoms with Crippen molar-refractivity contribution in [2.75, 3.05) is 16.6 Å². The van der Waals surface area contributed by atoms with E-state index in [2.05, 4.69) is 14.7 Å². The Kier molecular flexibility index (Phi) is 13.8. The van der Waals surface area contributed by atoms with Crippen LogP contribution in [0.25, 0.3) is 0 Å². The van der Waals surface area contributed by atoms with Gasteiger partial charge in [-0.2, -0.15) is 13.2 Å². The molecule has 6 rings (SSSR count). The minimum atomic E-state index is -5.21. The lowest BCUT2D eigenvalue weighted by atomic mass is 9.88. The summed E-state index contributed by atoms with van der Waals surface area (Å²) in [5.41, 5.74) is -5.60. The third-order valence-electron chi connectivity index (χ3n) is 9.61. The van der Waals surface area contributed by atoms with E-state index >= 15 is 8.78 Å². The van der Waals surface area contributed by atoms with Crippen LogP contribution in [0.3, 0.4) is 0 Å². The number of carbonyl (C=O) groups is 2. The van der Waals surface area contributed by atoms with E-state index in [1.807, 2.05) is 4.72 Å². The first kappa shape index (κ1) is 47.5. The molecule has 63 heavy (non-hydrogen) atoms. The molecule has 0 amide bonds. The van der Waals surface area contributed by atoms with Gasteiger partial charge in [0.25, 0.3) is 20.0 Å². The average molecular weight is 991 g/mol. The standard InChI is InChI=1S/C41H29Cl4F5N4O7S2/c1-19-4-10-30(47)34(40(19)61-3)39(56)37-32(15-24(43)18-52-37)54-63(59,60)26-7-5-21(27(16-26)41(48,49)50)13-22-6-11-29(46)33(35(22)45)38(55)36-31(14-23(42)17-51-36)53-62(57,58)25-8-9-28(44)20(2)12-25/h4-12,14-19,40,53-54H,13H2,1-3H3. The van der Waals surface area contributed by atoms with Crippen molar-refractivity contribution in [1.29, 1.82) is 0 Å². The summed E-state index contributed by atoms with van der Waals surface area (Å²) in [6.07, 6.45) is -2.59. The zero-order valence-corrected chi connectivity index (χ0v) is 37.1. The molecule has 0 saturated carbocycles. The molecule has 0 spiro atoms. The van der Waals surface area contributed by atoms with Crippen LogP contribution in [-0.4, -0.2) is 51.6 Å². The molecule has 3 aromatic carbocycles. The molecule has 22 heteroatoms. The molecule has 2 unspecified atom stereocenters. The maximum atomic E-state index is 15.5. The maximum Gasteiger partial charge on any atom is 0.416 e. The van der Waals surface area contributed by atoms with Gasteiger partial charge in [0, 0.05) is 30.4 Å². The van der Waals surface area contributed by atoms with Crippen LogP contribution >= 0.6 is 46.4 Å². The van der Waals surface area contributed by atoms with E-state index in [9.17, 15) is 39.6 Å². The second kappa shape index (κ2) is 18.3. The average Bonchev–Trinajstić information content (AvgIpc) is 3.20. The van der Waals surface area contributed by atoms with Gasteiger partial charge in [0.15, 0.2) is 0 Å². The number of ketones is 2. The highest BCUT2D eigenvalue weighted by molar-refractivity contribution is 7.93. The number of rotatable bonds is 13. The number of allylic oxidation sites excluding steroid dienone is 2. The molecule has 2 N–H and O–H groups in total. The molecule has 0 saturated heterocycles. The van der Waals surface area contributed by atoms with Gasteiger partial charge in [0.1, 0.15) is 23.0 Å². The summed E-state index contributed by atoms with van der Waals surface area (Å²) in [7, 11) is -8.18. The fourth-order valence-electron chi connectivity index (χ4n) is 6.52. The zero-order chi connectivity index (χ0) is 46.3. The predicted octanol–water partition coefficient (Wildman–Crippen LogP) is 10.6. The van der Waals surface area contributed by atoms with E-state index in [-0.39, 0.29) is 25.5 Å². The SMILES string of the molecule is COC1C(C(=O)c2ncc(Cl)cc2NS(=O)(=O)c2ccc(Cc3ccc(F)c(C(=O)c4ncc(Cl)cc4NS(=O)(=O)c4ccc(Cl)c(C)c4)c3Cl)c(C(F)(F)F)c2)=C(F)C=CC1C. The lowest BCUT2D eigenvalue weighted by Crippen LogP contribution is -2.30. The number of halogens is 9. The van der Waals surface area contributed by atoms with E-state index in [4.69, 9.17) is 51.1 Å². The van der Waals surface area contributed by atoms with Crippen LogP contribution in [0.1, 0.15) is 55.7 Å². The van der Waals surface area contributed by atoms with Crippen molar-refractivity contribution in [2.24, 2.45) is 5.92 Å². The number of benzene rings is 3. The van der Waals surface area contributed by atoms with Gasteiger partial charge in [-0.1, -0.05) is 71.5 Å². The molecule has 0 bridgehead atoms. The quantitative estimate of drug-likeness (QED) is 0.0864. The Morgan fingerprint density at radius 3 is 1.87 bits per heavy atom. The van der Waals surface area contributed by atoms with Gasteiger partial charge in [-0.25, -0.2) is 35.6 Å². The van der Waals surface area contributed by atoms with Crippen LogP contribution < -0.4 is 9.44 Å². The maximum absolute atomic E-state index is 15.5. The number of hydrogen-bond acceptors (Lipinski definition) is 9. The summed E-state index contributed by atoms with van der Waals surface area (Å²) in [4.78, 5) is 34.2. The first-order valence-electron chi connectivity index (χ1n) is 17.9. The van der Waals surface area contributed by atoms with Gasteiger partial charge in [-0.05, 0) is 84.6 Å². The minimum Gasteiger partial charge on any atom is -0.376 e. The minimum absolute atomic E-state index is 0.129. The van der Waals surface area contributed by atoms with E-state index in [1.54, 1.807) is 13.8 Å². The van der Waals surface area contributed by atoms with Crippen molar-refractivity contribution in [3.05, 3.63) is 162 Å². The van der Waals surface area contributed by atoms with Crippen molar-refractivity contribution < 1.29 is 53.1 Å². The van der Waals surface area contributed by atoms with E-state index in [0.717, 1.165) is 54.9 Å². The number of nitrogens with zero attached hydrogens (tertiary/aromatic N) is 2. The third kappa shape index (κ3) is 10.1. The number of anilines is 2.